The lowest BCUT2D eigenvalue weighted by atomic mass is 10.1. The summed E-state index contributed by atoms with van der Waals surface area (Å²) >= 11 is 0. The van der Waals surface area contributed by atoms with Crippen molar-refractivity contribution in [2.24, 2.45) is 0 Å². The summed E-state index contributed by atoms with van der Waals surface area (Å²) in [6, 6.07) is 10.1. The van der Waals surface area contributed by atoms with Crippen molar-refractivity contribution in [2.75, 3.05) is 20.0 Å². The van der Waals surface area contributed by atoms with Crippen LogP contribution in [0.2, 0.25) is 0 Å². The molecule has 0 bridgehead atoms. The van der Waals surface area contributed by atoms with Crippen LogP contribution in [0.4, 0.5) is 0 Å². The Morgan fingerprint density at radius 3 is 2.22 bits per heavy atom. The standard InChI is InChI=1S/C19H22O4/c1-13-5-6-16(14(2)9-13)20-7-4-8-21-17-11-19-18(10-15(17)3)22-12-23-19/h5-6,9-11H,4,7-8,12H2,1-3H3. The topological polar surface area (TPSA) is 36.9 Å². The molecule has 122 valence electrons. The largest absolute Gasteiger partial charge is 0.493 e. The van der Waals surface area contributed by atoms with Crippen LogP contribution in [-0.4, -0.2) is 20.0 Å². The molecular weight excluding hydrogens is 292 g/mol. The molecule has 0 spiro atoms. The number of ether oxygens (including phenoxy) is 4. The van der Waals surface area contributed by atoms with E-state index >= 15 is 0 Å². The van der Waals surface area contributed by atoms with Crippen LogP contribution in [0.5, 0.6) is 23.0 Å². The third-order valence-electron chi connectivity index (χ3n) is 3.80. The molecule has 23 heavy (non-hydrogen) atoms. The molecule has 2 aromatic rings. The zero-order valence-corrected chi connectivity index (χ0v) is 13.8. The highest BCUT2D eigenvalue weighted by Crippen LogP contribution is 2.37. The second kappa shape index (κ2) is 6.82. The summed E-state index contributed by atoms with van der Waals surface area (Å²) in [5.74, 6) is 3.31. The first-order chi connectivity index (χ1) is 11.1. The predicted molar refractivity (Wildman–Crippen MR) is 88.8 cm³/mol. The number of benzene rings is 2. The Balaban J connectivity index is 1.47. The van der Waals surface area contributed by atoms with Crippen LogP contribution >= 0.6 is 0 Å². The maximum atomic E-state index is 5.83. The summed E-state index contributed by atoms with van der Waals surface area (Å²) in [5.41, 5.74) is 3.46. The molecule has 2 aromatic carbocycles. The van der Waals surface area contributed by atoms with Gasteiger partial charge in [0.1, 0.15) is 11.5 Å². The van der Waals surface area contributed by atoms with Crippen molar-refractivity contribution >= 4 is 0 Å². The van der Waals surface area contributed by atoms with Gasteiger partial charge < -0.3 is 18.9 Å². The van der Waals surface area contributed by atoms with Crippen LogP contribution < -0.4 is 18.9 Å². The summed E-state index contributed by atoms with van der Waals surface area (Å²) < 4.78 is 22.4. The van der Waals surface area contributed by atoms with E-state index in [2.05, 4.69) is 26.0 Å². The Kier molecular flexibility index (Phi) is 4.60. The van der Waals surface area contributed by atoms with E-state index in [1.165, 1.54) is 5.56 Å². The fraction of sp³-hybridized carbons (Fsp3) is 0.368. The molecule has 0 N–H and O–H groups in total. The van der Waals surface area contributed by atoms with E-state index in [-0.39, 0.29) is 6.79 Å². The molecule has 4 nitrogen and oxygen atoms in total. The highest BCUT2D eigenvalue weighted by molar-refractivity contribution is 5.51. The normalized spacial score (nSPS) is 12.3. The highest BCUT2D eigenvalue weighted by Gasteiger charge is 2.16. The van der Waals surface area contributed by atoms with Crippen LogP contribution in [0.1, 0.15) is 23.1 Å². The van der Waals surface area contributed by atoms with Gasteiger partial charge in [0.25, 0.3) is 0 Å². The van der Waals surface area contributed by atoms with E-state index in [1.807, 2.05) is 25.1 Å². The van der Waals surface area contributed by atoms with Gasteiger partial charge >= 0.3 is 0 Å². The molecule has 0 aliphatic carbocycles. The lowest BCUT2D eigenvalue weighted by Crippen LogP contribution is -2.06. The Morgan fingerprint density at radius 1 is 0.826 bits per heavy atom. The summed E-state index contributed by atoms with van der Waals surface area (Å²) in [6.45, 7) is 7.66. The van der Waals surface area contributed by atoms with Crippen LogP contribution in [0.25, 0.3) is 0 Å². The zero-order valence-electron chi connectivity index (χ0n) is 13.8. The van der Waals surface area contributed by atoms with E-state index in [1.54, 1.807) is 0 Å². The minimum absolute atomic E-state index is 0.280. The highest BCUT2D eigenvalue weighted by atomic mass is 16.7. The first-order valence-electron chi connectivity index (χ1n) is 7.86. The van der Waals surface area contributed by atoms with E-state index in [4.69, 9.17) is 18.9 Å². The van der Waals surface area contributed by atoms with Gasteiger partial charge in [-0.2, -0.15) is 0 Å². The van der Waals surface area contributed by atoms with Crippen molar-refractivity contribution < 1.29 is 18.9 Å². The van der Waals surface area contributed by atoms with E-state index in [9.17, 15) is 0 Å². The van der Waals surface area contributed by atoms with Crippen molar-refractivity contribution in [1.82, 2.24) is 0 Å². The Hall–Kier alpha value is -2.36. The van der Waals surface area contributed by atoms with Crippen molar-refractivity contribution in [3.8, 4) is 23.0 Å². The maximum Gasteiger partial charge on any atom is 0.231 e. The second-order valence-corrected chi connectivity index (χ2v) is 5.79. The summed E-state index contributed by atoms with van der Waals surface area (Å²) in [5, 5.41) is 0. The molecule has 1 heterocycles. The minimum atomic E-state index is 0.280. The Labute approximate surface area is 136 Å². The number of hydrogen-bond donors (Lipinski definition) is 0. The van der Waals surface area contributed by atoms with Gasteiger partial charge in [0.15, 0.2) is 11.5 Å². The maximum absolute atomic E-state index is 5.83. The lowest BCUT2D eigenvalue weighted by molar-refractivity contribution is 0.173. The fourth-order valence-electron chi connectivity index (χ4n) is 2.56. The molecule has 0 fully saturated rings. The van der Waals surface area contributed by atoms with Crippen LogP contribution in [0.15, 0.2) is 30.3 Å². The number of rotatable bonds is 6. The van der Waals surface area contributed by atoms with Crippen LogP contribution in [0.3, 0.4) is 0 Å². The molecule has 0 unspecified atom stereocenters. The molecule has 3 rings (SSSR count). The van der Waals surface area contributed by atoms with E-state index in [0.29, 0.717) is 13.2 Å². The summed E-state index contributed by atoms with van der Waals surface area (Å²) in [6.07, 6.45) is 0.821. The van der Waals surface area contributed by atoms with Gasteiger partial charge in [-0.25, -0.2) is 0 Å². The first-order valence-corrected chi connectivity index (χ1v) is 7.86. The molecule has 4 heteroatoms. The quantitative estimate of drug-likeness (QED) is 0.749. The van der Waals surface area contributed by atoms with Gasteiger partial charge in [-0.3, -0.25) is 0 Å². The molecular formula is C19H22O4. The summed E-state index contributed by atoms with van der Waals surface area (Å²) in [7, 11) is 0. The van der Waals surface area contributed by atoms with Crippen LogP contribution in [0, 0.1) is 20.8 Å². The van der Waals surface area contributed by atoms with Gasteiger partial charge in [0.05, 0.1) is 13.2 Å². The lowest BCUT2D eigenvalue weighted by Gasteiger charge is -2.12. The third kappa shape index (κ3) is 3.70. The third-order valence-corrected chi connectivity index (χ3v) is 3.80. The van der Waals surface area contributed by atoms with Gasteiger partial charge in [-0.15, -0.1) is 0 Å². The molecule has 0 radical (unpaired) electrons. The van der Waals surface area contributed by atoms with Crippen molar-refractivity contribution in [3.05, 3.63) is 47.0 Å². The molecule has 0 aromatic heterocycles. The molecule has 0 saturated carbocycles. The molecule has 0 atom stereocenters. The van der Waals surface area contributed by atoms with Gasteiger partial charge in [-0.1, -0.05) is 17.7 Å². The summed E-state index contributed by atoms with van der Waals surface area (Å²) in [4.78, 5) is 0. The molecule has 1 aliphatic rings. The van der Waals surface area contributed by atoms with E-state index in [0.717, 1.165) is 40.5 Å². The average molecular weight is 314 g/mol. The Bertz CT molecular complexity index is 694. The number of aryl methyl sites for hydroxylation is 3. The second-order valence-electron chi connectivity index (χ2n) is 5.79. The average Bonchev–Trinajstić information content (AvgIpc) is 2.96. The van der Waals surface area contributed by atoms with Crippen molar-refractivity contribution in [3.63, 3.8) is 0 Å². The van der Waals surface area contributed by atoms with Gasteiger partial charge in [0.2, 0.25) is 6.79 Å². The fourth-order valence-corrected chi connectivity index (χ4v) is 2.56. The Morgan fingerprint density at radius 2 is 1.48 bits per heavy atom. The zero-order chi connectivity index (χ0) is 16.2. The minimum Gasteiger partial charge on any atom is -0.493 e. The first kappa shape index (κ1) is 15.5. The molecule has 1 aliphatic heterocycles. The van der Waals surface area contributed by atoms with Gasteiger partial charge in [0, 0.05) is 12.5 Å². The predicted octanol–water partition coefficient (Wildman–Crippen LogP) is 4.19. The number of hydrogen-bond acceptors (Lipinski definition) is 4. The molecule has 0 amide bonds. The van der Waals surface area contributed by atoms with Gasteiger partial charge in [-0.05, 0) is 44.0 Å². The molecule has 0 saturated heterocycles. The van der Waals surface area contributed by atoms with Crippen molar-refractivity contribution in [2.45, 2.75) is 27.2 Å². The van der Waals surface area contributed by atoms with Crippen LogP contribution in [-0.2, 0) is 0 Å². The number of fused-ring (bicyclic) bond motifs is 1. The monoisotopic (exact) mass is 314 g/mol. The SMILES string of the molecule is Cc1ccc(OCCCOc2cc3c(cc2C)OCO3)c(C)c1. The smallest absolute Gasteiger partial charge is 0.231 e. The van der Waals surface area contributed by atoms with Crippen molar-refractivity contribution in [1.29, 1.82) is 0 Å². The van der Waals surface area contributed by atoms with E-state index < -0.39 is 0 Å².